The van der Waals surface area contributed by atoms with Crippen molar-refractivity contribution in [2.45, 2.75) is 13.5 Å². The minimum absolute atomic E-state index is 0.355. The third kappa shape index (κ3) is 5.32. The fourth-order valence-electron chi connectivity index (χ4n) is 2.69. The molecule has 0 unspecified atom stereocenters. The van der Waals surface area contributed by atoms with Crippen LogP contribution in [0.5, 0.6) is 5.75 Å². The van der Waals surface area contributed by atoms with E-state index in [1.807, 2.05) is 66.7 Å². The van der Waals surface area contributed by atoms with Gasteiger partial charge in [-0.3, -0.25) is 0 Å². The molecular formula is C24H22O3. The van der Waals surface area contributed by atoms with E-state index in [1.165, 1.54) is 6.08 Å². The highest BCUT2D eigenvalue weighted by atomic mass is 16.5. The van der Waals surface area contributed by atoms with Crippen LogP contribution in [0, 0.1) is 0 Å². The van der Waals surface area contributed by atoms with Gasteiger partial charge in [0.05, 0.1) is 6.61 Å². The second-order valence-corrected chi connectivity index (χ2v) is 5.98. The molecule has 0 aromatic heterocycles. The fourth-order valence-corrected chi connectivity index (χ4v) is 2.69. The summed E-state index contributed by atoms with van der Waals surface area (Å²) in [4.78, 5) is 11.6. The van der Waals surface area contributed by atoms with Crippen LogP contribution in [0.25, 0.3) is 17.2 Å². The Labute approximate surface area is 159 Å². The van der Waals surface area contributed by atoms with E-state index in [0.29, 0.717) is 13.2 Å². The average Bonchev–Trinajstić information content (AvgIpc) is 2.72. The number of benzene rings is 3. The first-order valence-electron chi connectivity index (χ1n) is 8.97. The Hall–Kier alpha value is -3.33. The van der Waals surface area contributed by atoms with Crippen LogP contribution in [0.4, 0.5) is 0 Å². The van der Waals surface area contributed by atoms with E-state index in [9.17, 15) is 4.79 Å². The largest absolute Gasteiger partial charge is 0.488 e. The van der Waals surface area contributed by atoms with E-state index in [1.54, 1.807) is 13.0 Å². The van der Waals surface area contributed by atoms with Crippen molar-refractivity contribution in [1.82, 2.24) is 0 Å². The summed E-state index contributed by atoms with van der Waals surface area (Å²) < 4.78 is 11.0. The fraction of sp³-hybridized carbons (Fsp3) is 0.125. The van der Waals surface area contributed by atoms with Gasteiger partial charge in [0.1, 0.15) is 12.4 Å². The molecule has 0 spiro atoms. The van der Waals surface area contributed by atoms with Gasteiger partial charge in [-0.05, 0) is 35.8 Å². The number of ether oxygens (including phenoxy) is 2. The van der Waals surface area contributed by atoms with Crippen molar-refractivity contribution in [3.8, 4) is 16.9 Å². The lowest BCUT2D eigenvalue weighted by Crippen LogP contribution is -2.00. The molecule has 0 saturated carbocycles. The Kier molecular flexibility index (Phi) is 6.42. The summed E-state index contributed by atoms with van der Waals surface area (Å²) in [5.74, 6) is 0.361. The molecular weight excluding hydrogens is 336 g/mol. The summed E-state index contributed by atoms with van der Waals surface area (Å²) >= 11 is 0. The van der Waals surface area contributed by atoms with Gasteiger partial charge < -0.3 is 9.47 Å². The SMILES string of the molecule is CCOC(=O)C=Cc1ccc(-c2ccccc2)cc1OCc1ccccc1. The molecule has 0 saturated heterocycles. The predicted molar refractivity (Wildman–Crippen MR) is 108 cm³/mol. The van der Waals surface area contributed by atoms with Crippen LogP contribution >= 0.6 is 0 Å². The standard InChI is InChI=1S/C24H22O3/c1-2-26-24(25)16-15-21-13-14-22(20-11-7-4-8-12-20)17-23(21)27-18-19-9-5-3-6-10-19/h3-17H,2,18H2,1H3. The molecule has 0 heterocycles. The number of hydrogen-bond acceptors (Lipinski definition) is 3. The van der Waals surface area contributed by atoms with Crippen molar-refractivity contribution in [2.24, 2.45) is 0 Å². The zero-order valence-corrected chi connectivity index (χ0v) is 15.3. The van der Waals surface area contributed by atoms with Crippen molar-refractivity contribution >= 4 is 12.0 Å². The Morgan fingerprint density at radius 1 is 0.889 bits per heavy atom. The van der Waals surface area contributed by atoms with E-state index >= 15 is 0 Å². The smallest absolute Gasteiger partial charge is 0.330 e. The summed E-state index contributed by atoms with van der Waals surface area (Å²) in [5, 5.41) is 0. The first kappa shape index (κ1) is 18.5. The van der Waals surface area contributed by atoms with Crippen LogP contribution in [-0.2, 0) is 16.1 Å². The molecule has 3 aromatic carbocycles. The molecule has 0 bridgehead atoms. The van der Waals surface area contributed by atoms with Gasteiger partial charge in [-0.15, -0.1) is 0 Å². The lowest BCUT2D eigenvalue weighted by atomic mass is 10.0. The van der Waals surface area contributed by atoms with Crippen LogP contribution in [0.2, 0.25) is 0 Å². The zero-order valence-electron chi connectivity index (χ0n) is 15.3. The van der Waals surface area contributed by atoms with Gasteiger partial charge in [0.2, 0.25) is 0 Å². The van der Waals surface area contributed by atoms with E-state index in [0.717, 1.165) is 28.0 Å². The lowest BCUT2D eigenvalue weighted by molar-refractivity contribution is -0.137. The number of esters is 1. The number of rotatable bonds is 7. The number of hydrogen-bond donors (Lipinski definition) is 0. The molecule has 136 valence electrons. The second kappa shape index (κ2) is 9.39. The quantitative estimate of drug-likeness (QED) is 0.413. The minimum Gasteiger partial charge on any atom is -0.488 e. The molecule has 0 aliphatic rings. The highest BCUT2D eigenvalue weighted by Gasteiger charge is 2.07. The zero-order chi connectivity index (χ0) is 18.9. The van der Waals surface area contributed by atoms with Gasteiger partial charge in [0, 0.05) is 11.6 Å². The monoisotopic (exact) mass is 358 g/mol. The molecule has 3 aromatic rings. The van der Waals surface area contributed by atoms with Crippen LogP contribution < -0.4 is 4.74 Å². The Bertz CT molecular complexity index is 899. The molecule has 27 heavy (non-hydrogen) atoms. The molecule has 0 radical (unpaired) electrons. The van der Waals surface area contributed by atoms with E-state index in [2.05, 4.69) is 12.1 Å². The number of carbonyl (C=O) groups is 1. The van der Waals surface area contributed by atoms with Gasteiger partial charge in [0.25, 0.3) is 0 Å². The Morgan fingerprint density at radius 2 is 1.59 bits per heavy atom. The predicted octanol–water partition coefficient (Wildman–Crippen LogP) is 5.51. The Balaban J connectivity index is 1.88. The van der Waals surface area contributed by atoms with Gasteiger partial charge in [-0.2, -0.15) is 0 Å². The first-order chi connectivity index (χ1) is 13.3. The maximum Gasteiger partial charge on any atom is 0.330 e. The van der Waals surface area contributed by atoms with Crippen LogP contribution in [0.3, 0.4) is 0 Å². The van der Waals surface area contributed by atoms with Crippen molar-refractivity contribution in [2.75, 3.05) is 6.61 Å². The van der Waals surface area contributed by atoms with Crippen molar-refractivity contribution in [3.63, 3.8) is 0 Å². The maximum absolute atomic E-state index is 11.6. The van der Waals surface area contributed by atoms with Crippen LogP contribution in [0.1, 0.15) is 18.1 Å². The number of carbonyl (C=O) groups excluding carboxylic acids is 1. The molecule has 0 atom stereocenters. The van der Waals surface area contributed by atoms with E-state index < -0.39 is 0 Å². The van der Waals surface area contributed by atoms with Gasteiger partial charge >= 0.3 is 5.97 Å². The van der Waals surface area contributed by atoms with Crippen molar-refractivity contribution in [1.29, 1.82) is 0 Å². The second-order valence-electron chi connectivity index (χ2n) is 5.98. The summed E-state index contributed by atoms with van der Waals surface area (Å²) in [7, 11) is 0. The molecule has 0 aliphatic carbocycles. The summed E-state index contributed by atoms with van der Waals surface area (Å²) in [5.41, 5.74) is 4.09. The van der Waals surface area contributed by atoms with Crippen LogP contribution in [0.15, 0.2) is 84.9 Å². The molecule has 3 rings (SSSR count). The van der Waals surface area contributed by atoms with Gasteiger partial charge in [-0.25, -0.2) is 4.79 Å². The normalized spacial score (nSPS) is 10.7. The molecule has 3 nitrogen and oxygen atoms in total. The highest BCUT2D eigenvalue weighted by molar-refractivity contribution is 5.87. The summed E-state index contributed by atoms with van der Waals surface area (Å²) in [6.45, 7) is 2.60. The third-order valence-electron chi connectivity index (χ3n) is 4.04. The summed E-state index contributed by atoms with van der Waals surface area (Å²) in [6.07, 6.45) is 3.16. The van der Waals surface area contributed by atoms with Crippen molar-refractivity contribution < 1.29 is 14.3 Å². The topological polar surface area (TPSA) is 35.5 Å². The lowest BCUT2D eigenvalue weighted by Gasteiger charge is -2.12. The molecule has 0 N–H and O–H groups in total. The maximum atomic E-state index is 11.6. The molecule has 0 amide bonds. The van der Waals surface area contributed by atoms with Crippen LogP contribution in [-0.4, -0.2) is 12.6 Å². The van der Waals surface area contributed by atoms with E-state index in [4.69, 9.17) is 9.47 Å². The highest BCUT2D eigenvalue weighted by Crippen LogP contribution is 2.29. The van der Waals surface area contributed by atoms with Crippen molar-refractivity contribution in [3.05, 3.63) is 96.1 Å². The van der Waals surface area contributed by atoms with E-state index in [-0.39, 0.29) is 5.97 Å². The van der Waals surface area contributed by atoms with Gasteiger partial charge in [-0.1, -0.05) is 72.8 Å². The summed E-state index contributed by atoms with van der Waals surface area (Å²) in [6, 6.07) is 26.1. The molecule has 0 fully saturated rings. The molecule has 3 heteroatoms. The molecule has 0 aliphatic heterocycles. The minimum atomic E-state index is -0.362. The average molecular weight is 358 g/mol. The first-order valence-corrected chi connectivity index (χ1v) is 8.97. The third-order valence-corrected chi connectivity index (χ3v) is 4.04. The van der Waals surface area contributed by atoms with Gasteiger partial charge in [0.15, 0.2) is 0 Å². The Morgan fingerprint density at radius 3 is 2.30 bits per heavy atom.